The molecular formula is C22H26N5+. The molecule has 2 atom stereocenters. The molecule has 0 saturated heterocycles. The smallest absolute Gasteiger partial charge is 0.214 e. The Morgan fingerprint density at radius 1 is 0.926 bits per heavy atom. The van der Waals surface area contributed by atoms with Gasteiger partial charge in [-0.1, -0.05) is 67.4 Å². The van der Waals surface area contributed by atoms with Gasteiger partial charge in [0.15, 0.2) is 6.04 Å². The molecule has 2 aromatic carbocycles. The maximum absolute atomic E-state index is 4.55. The molecule has 1 aromatic heterocycles. The first-order valence-electron chi connectivity index (χ1n) is 10.1. The van der Waals surface area contributed by atoms with Gasteiger partial charge in [0.25, 0.3) is 0 Å². The third kappa shape index (κ3) is 3.16. The molecule has 138 valence electrons. The standard InChI is InChI=1S/C22H25N5/c1-2-9-18(10-3-1)21(22-23-24-25-27(22)20-12-6-7-13-20)26-15-14-17-8-4-5-11-19(17)16-26/h1-5,8-11,20-21H,6-7,12-16H2/p+1/t21-/m1/s1. The average Bonchev–Trinajstić information content (AvgIpc) is 3.41. The number of hydrogen-bond donors (Lipinski definition) is 1. The monoisotopic (exact) mass is 360 g/mol. The molecule has 1 saturated carbocycles. The SMILES string of the molecule is c1ccc([C@H](c2nnnn2C2CCCC2)[NH+]2CCc3ccccc3C2)cc1. The van der Waals surface area contributed by atoms with E-state index < -0.39 is 0 Å². The molecule has 2 aliphatic rings. The molecule has 5 heteroatoms. The number of fused-ring (bicyclic) bond motifs is 1. The minimum atomic E-state index is 0.176. The van der Waals surface area contributed by atoms with Crippen LogP contribution in [0.2, 0.25) is 0 Å². The molecule has 0 radical (unpaired) electrons. The minimum absolute atomic E-state index is 0.176. The molecule has 2 heterocycles. The molecule has 0 bridgehead atoms. The van der Waals surface area contributed by atoms with Crippen LogP contribution in [0.3, 0.4) is 0 Å². The van der Waals surface area contributed by atoms with E-state index in [0.717, 1.165) is 25.3 Å². The Kier molecular flexibility index (Phi) is 4.46. The zero-order valence-electron chi connectivity index (χ0n) is 15.6. The lowest BCUT2D eigenvalue weighted by molar-refractivity contribution is -0.941. The van der Waals surface area contributed by atoms with E-state index in [1.807, 2.05) is 0 Å². The van der Waals surface area contributed by atoms with Crippen LogP contribution in [-0.4, -0.2) is 26.8 Å². The van der Waals surface area contributed by atoms with E-state index in [0.29, 0.717) is 6.04 Å². The lowest BCUT2D eigenvalue weighted by Gasteiger charge is -2.32. The van der Waals surface area contributed by atoms with Gasteiger partial charge in [-0.2, -0.15) is 0 Å². The Bertz CT molecular complexity index is 898. The van der Waals surface area contributed by atoms with E-state index in [9.17, 15) is 0 Å². The summed E-state index contributed by atoms with van der Waals surface area (Å²) in [6, 6.07) is 20.3. The van der Waals surface area contributed by atoms with Crippen molar-refractivity contribution in [1.29, 1.82) is 0 Å². The van der Waals surface area contributed by atoms with Crippen molar-refractivity contribution in [3.05, 3.63) is 77.1 Å². The summed E-state index contributed by atoms with van der Waals surface area (Å²) in [6.07, 6.45) is 6.06. The van der Waals surface area contributed by atoms with Crippen LogP contribution >= 0.6 is 0 Å². The summed E-state index contributed by atoms with van der Waals surface area (Å²) >= 11 is 0. The van der Waals surface area contributed by atoms with Gasteiger partial charge in [0.2, 0.25) is 5.82 Å². The highest BCUT2D eigenvalue weighted by Crippen LogP contribution is 2.31. The lowest BCUT2D eigenvalue weighted by atomic mass is 9.96. The quantitative estimate of drug-likeness (QED) is 0.778. The van der Waals surface area contributed by atoms with Gasteiger partial charge in [-0.25, -0.2) is 4.68 Å². The Balaban J connectivity index is 1.54. The van der Waals surface area contributed by atoms with Gasteiger partial charge in [0, 0.05) is 17.5 Å². The van der Waals surface area contributed by atoms with Gasteiger partial charge in [-0.05, 0) is 28.8 Å². The highest BCUT2D eigenvalue weighted by atomic mass is 15.6. The number of nitrogens with one attached hydrogen (secondary N) is 1. The van der Waals surface area contributed by atoms with Gasteiger partial charge in [-0.15, -0.1) is 5.10 Å². The summed E-state index contributed by atoms with van der Waals surface area (Å²) in [7, 11) is 0. The number of tetrazole rings is 1. The number of benzene rings is 2. The summed E-state index contributed by atoms with van der Waals surface area (Å²) in [4.78, 5) is 1.54. The van der Waals surface area contributed by atoms with Crippen molar-refractivity contribution in [3.8, 4) is 0 Å². The molecule has 0 spiro atoms. The van der Waals surface area contributed by atoms with Crippen LogP contribution < -0.4 is 4.90 Å². The number of quaternary nitrogens is 1. The van der Waals surface area contributed by atoms with Crippen LogP contribution in [0.25, 0.3) is 0 Å². The maximum Gasteiger partial charge on any atom is 0.214 e. The minimum Gasteiger partial charge on any atom is -0.318 e. The highest BCUT2D eigenvalue weighted by Gasteiger charge is 2.35. The van der Waals surface area contributed by atoms with Crippen LogP contribution in [0, 0.1) is 0 Å². The Morgan fingerprint density at radius 3 is 2.48 bits per heavy atom. The van der Waals surface area contributed by atoms with Crippen molar-refractivity contribution >= 4 is 0 Å². The van der Waals surface area contributed by atoms with Crippen molar-refractivity contribution in [3.63, 3.8) is 0 Å². The molecule has 27 heavy (non-hydrogen) atoms. The molecule has 5 rings (SSSR count). The fourth-order valence-corrected chi connectivity index (χ4v) is 4.86. The van der Waals surface area contributed by atoms with Crippen LogP contribution in [-0.2, 0) is 13.0 Å². The van der Waals surface area contributed by atoms with Gasteiger partial charge in [-0.3, -0.25) is 0 Å². The van der Waals surface area contributed by atoms with E-state index in [4.69, 9.17) is 0 Å². The number of hydrogen-bond acceptors (Lipinski definition) is 3. The van der Waals surface area contributed by atoms with Crippen LogP contribution in [0.15, 0.2) is 54.6 Å². The maximum atomic E-state index is 4.55. The zero-order valence-corrected chi connectivity index (χ0v) is 15.6. The Morgan fingerprint density at radius 2 is 1.67 bits per heavy atom. The third-order valence-electron chi connectivity index (χ3n) is 6.24. The van der Waals surface area contributed by atoms with Crippen LogP contribution in [0.5, 0.6) is 0 Å². The topological polar surface area (TPSA) is 48.0 Å². The van der Waals surface area contributed by atoms with Crippen molar-refractivity contribution in [2.45, 2.75) is 50.7 Å². The molecule has 1 aliphatic carbocycles. The average molecular weight is 360 g/mol. The summed E-state index contributed by atoms with van der Waals surface area (Å²) in [6.45, 7) is 2.13. The Hall–Kier alpha value is -2.53. The van der Waals surface area contributed by atoms with E-state index in [-0.39, 0.29) is 6.04 Å². The number of nitrogens with zero attached hydrogens (tertiary/aromatic N) is 4. The molecule has 1 fully saturated rings. The first-order chi connectivity index (χ1) is 13.4. The van der Waals surface area contributed by atoms with Crippen molar-refractivity contribution in [2.24, 2.45) is 0 Å². The molecule has 5 nitrogen and oxygen atoms in total. The summed E-state index contributed by atoms with van der Waals surface area (Å²) < 4.78 is 2.14. The van der Waals surface area contributed by atoms with Crippen LogP contribution in [0.1, 0.15) is 60.3 Å². The number of aromatic nitrogens is 4. The predicted octanol–water partition coefficient (Wildman–Crippen LogP) is 2.52. The van der Waals surface area contributed by atoms with Crippen LogP contribution in [0.4, 0.5) is 0 Å². The summed E-state index contributed by atoms with van der Waals surface area (Å²) in [5.41, 5.74) is 4.25. The summed E-state index contributed by atoms with van der Waals surface area (Å²) in [5.74, 6) is 1.03. The van der Waals surface area contributed by atoms with Crippen molar-refractivity contribution < 1.29 is 4.90 Å². The first kappa shape index (κ1) is 16.6. The molecule has 0 amide bonds. The van der Waals surface area contributed by atoms with E-state index >= 15 is 0 Å². The zero-order chi connectivity index (χ0) is 18.1. The second kappa shape index (κ2) is 7.24. The second-order valence-electron chi connectivity index (χ2n) is 7.87. The van der Waals surface area contributed by atoms with Crippen molar-refractivity contribution in [1.82, 2.24) is 20.2 Å². The third-order valence-corrected chi connectivity index (χ3v) is 6.24. The van der Waals surface area contributed by atoms with Gasteiger partial charge >= 0.3 is 0 Å². The Labute approximate surface area is 160 Å². The lowest BCUT2D eigenvalue weighted by Crippen LogP contribution is -3.12. The predicted molar refractivity (Wildman–Crippen MR) is 103 cm³/mol. The van der Waals surface area contributed by atoms with Gasteiger partial charge in [0.05, 0.1) is 12.6 Å². The summed E-state index contributed by atoms with van der Waals surface area (Å²) in [5, 5.41) is 13.1. The van der Waals surface area contributed by atoms with Gasteiger partial charge in [0.1, 0.15) is 6.54 Å². The molecule has 3 aromatic rings. The van der Waals surface area contributed by atoms with Gasteiger partial charge < -0.3 is 4.90 Å². The highest BCUT2D eigenvalue weighted by molar-refractivity contribution is 5.28. The molecule has 1 unspecified atom stereocenters. The fourth-order valence-electron chi connectivity index (χ4n) is 4.86. The van der Waals surface area contributed by atoms with E-state index in [2.05, 4.69) is 74.8 Å². The number of rotatable bonds is 4. The van der Waals surface area contributed by atoms with E-state index in [1.165, 1.54) is 47.3 Å². The largest absolute Gasteiger partial charge is 0.318 e. The molecule has 1 aliphatic heterocycles. The first-order valence-corrected chi connectivity index (χ1v) is 10.1. The fraction of sp³-hybridized carbons (Fsp3) is 0.409. The second-order valence-corrected chi connectivity index (χ2v) is 7.87. The normalized spacial score (nSPS) is 21.1. The molecular weight excluding hydrogens is 334 g/mol. The van der Waals surface area contributed by atoms with E-state index in [1.54, 1.807) is 0 Å². The van der Waals surface area contributed by atoms with Crippen molar-refractivity contribution in [2.75, 3.05) is 6.54 Å². The molecule has 1 N–H and O–H groups in total.